The number of imidazole rings is 1. The van der Waals surface area contributed by atoms with Crippen molar-refractivity contribution in [3.05, 3.63) is 48.8 Å². The number of hydrogen-bond donors (Lipinski definition) is 0. The van der Waals surface area contributed by atoms with Crippen molar-refractivity contribution in [2.75, 3.05) is 0 Å². The standard InChI is InChI=1S/C14H10N6O6S/c1-17-9-8(11(21)18(2)14(17)23)19-12(22)10(27-13(19)16-9)15-5-6-3-4-7(26-6)20(24)25/h3-5,10H,1-2H3/b15-5+. The summed E-state index contributed by atoms with van der Waals surface area (Å²) in [5, 5.41) is 9.93. The van der Waals surface area contributed by atoms with Gasteiger partial charge in [0.1, 0.15) is 4.92 Å². The molecule has 0 N–H and O–H groups in total. The highest BCUT2D eigenvalue weighted by molar-refractivity contribution is 8.00. The van der Waals surface area contributed by atoms with Crippen molar-refractivity contribution in [1.82, 2.24) is 18.7 Å². The number of furan rings is 1. The third-order valence-electron chi connectivity index (χ3n) is 4.01. The first kappa shape index (κ1) is 17.0. The van der Waals surface area contributed by atoms with Gasteiger partial charge in [-0.3, -0.25) is 33.8 Å². The van der Waals surface area contributed by atoms with Gasteiger partial charge >= 0.3 is 11.6 Å². The van der Waals surface area contributed by atoms with Crippen molar-refractivity contribution >= 4 is 40.9 Å². The second-order valence-corrected chi connectivity index (χ2v) is 6.67. The van der Waals surface area contributed by atoms with Gasteiger partial charge in [0.05, 0.1) is 12.3 Å². The quantitative estimate of drug-likeness (QED) is 0.348. The first-order chi connectivity index (χ1) is 12.8. The van der Waals surface area contributed by atoms with E-state index in [0.29, 0.717) is 0 Å². The SMILES string of the molecule is Cn1c(=O)c2c(nc3n2C(=O)C(/N=C/c2ccc([N+](=O)[O-])o2)S3)n(C)c1=O. The van der Waals surface area contributed by atoms with E-state index in [-0.39, 0.29) is 22.1 Å². The van der Waals surface area contributed by atoms with Crippen LogP contribution in [0.4, 0.5) is 5.88 Å². The Morgan fingerprint density at radius 2 is 2.04 bits per heavy atom. The van der Waals surface area contributed by atoms with Crippen LogP contribution in [0.3, 0.4) is 0 Å². The molecule has 13 heteroatoms. The van der Waals surface area contributed by atoms with Gasteiger partial charge in [0, 0.05) is 14.1 Å². The molecule has 0 aliphatic carbocycles. The largest absolute Gasteiger partial charge is 0.433 e. The second kappa shape index (κ2) is 5.77. The molecule has 4 rings (SSSR count). The lowest BCUT2D eigenvalue weighted by Crippen LogP contribution is -2.38. The van der Waals surface area contributed by atoms with Crippen LogP contribution in [0.2, 0.25) is 0 Å². The fourth-order valence-corrected chi connectivity index (χ4v) is 3.62. The third kappa shape index (κ3) is 2.43. The first-order valence-electron chi connectivity index (χ1n) is 7.46. The molecule has 27 heavy (non-hydrogen) atoms. The van der Waals surface area contributed by atoms with Crippen LogP contribution >= 0.6 is 11.8 Å². The number of thioether (sulfide) groups is 1. The average Bonchev–Trinajstić information content (AvgIpc) is 3.32. The summed E-state index contributed by atoms with van der Waals surface area (Å²) in [6, 6.07) is 2.53. The average molecular weight is 390 g/mol. The Hall–Kier alpha value is -3.48. The maximum absolute atomic E-state index is 12.7. The van der Waals surface area contributed by atoms with Gasteiger partial charge in [-0.2, -0.15) is 0 Å². The molecule has 138 valence electrons. The van der Waals surface area contributed by atoms with Gasteiger partial charge in [-0.05, 0) is 6.07 Å². The summed E-state index contributed by atoms with van der Waals surface area (Å²) in [5.74, 6) is -0.835. The molecule has 0 fully saturated rings. The van der Waals surface area contributed by atoms with E-state index in [4.69, 9.17) is 4.42 Å². The lowest BCUT2D eigenvalue weighted by Gasteiger charge is -2.05. The van der Waals surface area contributed by atoms with E-state index < -0.39 is 33.3 Å². The van der Waals surface area contributed by atoms with Gasteiger partial charge < -0.3 is 4.42 Å². The second-order valence-electron chi connectivity index (χ2n) is 5.63. The van der Waals surface area contributed by atoms with Crippen LogP contribution in [0.5, 0.6) is 0 Å². The number of carbonyl (C=O) groups is 1. The van der Waals surface area contributed by atoms with Crippen molar-refractivity contribution in [2.24, 2.45) is 19.1 Å². The Labute approximate surface area is 152 Å². The number of nitro groups is 1. The van der Waals surface area contributed by atoms with E-state index in [2.05, 4.69) is 9.98 Å². The summed E-state index contributed by atoms with van der Waals surface area (Å²) in [6.45, 7) is 0. The minimum atomic E-state index is -0.928. The van der Waals surface area contributed by atoms with Gasteiger partial charge in [-0.1, -0.05) is 11.8 Å². The highest BCUT2D eigenvalue weighted by Crippen LogP contribution is 2.34. The van der Waals surface area contributed by atoms with Crippen molar-refractivity contribution in [1.29, 1.82) is 0 Å². The van der Waals surface area contributed by atoms with E-state index >= 15 is 0 Å². The van der Waals surface area contributed by atoms with Crippen LogP contribution in [0.15, 0.2) is 36.3 Å². The van der Waals surface area contributed by atoms with Crippen LogP contribution in [0, 0.1) is 10.1 Å². The van der Waals surface area contributed by atoms with Crippen molar-refractivity contribution < 1.29 is 14.1 Å². The number of aromatic nitrogens is 4. The molecule has 0 radical (unpaired) electrons. The Bertz CT molecular complexity index is 1280. The van der Waals surface area contributed by atoms with Crippen molar-refractivity contribution in [3.8, 4) is 0 Å². The Balaban J connectivity index is 1.73. The van der Waals surface area contributed by atoms with E-state index in [9.17, 15) is 24.5 Å². The zero-order valence-corrected chi connectivity index (χ0v) is 14.7. The molecule has 3 aromatic rings. The van der Waals surface area contributed by atoms with Crippen LogP contribution in [-0.4, -0.2) is 41.1 Å². The lowest BCUT2D eigenvalue weighted by atomic mass is 10.4. The minimum Gasteiger partial charge on any atom is -0.400 e. The Morgan fingerprint density at radius 3 is 2.70 bits per heavy atom. The summed E-state index contributed by atoms with van der Waals surface area (Å²) in [4.78, 5) is 55.3. The topological polar surface area (TPSA) is 148 Å². The third-order valence-corrected chi connectivity index (χ3v) is 5.04. The number of aliphatic imine (C=N–C) groups is 1. The summed E-state index contributed by atoms with van der Waals surface area (Å²) in [7, 11) is 2.78. The number of rotatable bonds is 3. The predicted molar refractivity (Wildman–Crippen MR) is 93.4 cm³/mol. The molecule has 1 unspecified atom stereocenters. The smallest absolute Gasteiger partial charge is 0.400 e. The molecule has 0 spiro atoms. The number of carbonyl (C=O) groups excluding carboxylic acids is 1. The van der Waals surface area contributed by atoms with Crippen LogP contribution in [-0.2, 0) is 14.1 Å². The molecule has 0 amide bonds. The van der Waals surface area contributed by atoms with Gasteiger partial charge in [0.2, 0.25) is 0 Å². The van der Waals surface area contributed by atoms with Crippen LogP contribution in [0.25, 0.3) is 11.2 Å². The summed E-state index contributed by atoms with van der Waals surface area (Å²) in [6.07, 6.45) is 1.20. The molecule has 3 aromatic heterocycles. The van der Waals surface area contributed by atoms with Crippen molar-refractivity contribution in [3.63, 3.8) is 0 Å². The minimum absolute atomic E-state index is 0.00145. The molecule has 1 aliphatic heterocycles. The highest BCUT2D eigenvalue weighted by Gasteiger charge is 2.36. The Morgan fingerprint density at radius 1 is 1.30 bits per heavy atom. The molecule has 1 atom stereocenters. The zero-order chi connectivity index (χ0) is 19.5. The predicted octanol–water partition coefficient (Wildman–Crippen LogP) is 0.126. The number of nitrogens with zero attached hydrogens (tertiary/aromatic N) is 6. The first-order valence-corrected chi connectivity index (χ1v) is 8.34. The molecule has 0 aromatic carbocycles. The summed E-state index contributed by atoms with van der Waals surface area (Å²) in [5.41, 5.74) is -1.07. The fourth-order valence-electron chi connectivity index (χ4n) is 2.66. The molecule has 4 heterocycles. The molecular weight excluding hydrogens is 380 g/mol. The molecule has 12 nitrogen and oxygen atoms in total. The van der Waals surface area contributed by atoms with Gasteiger partial charge in [0.25, 0.3) is 11.5 Å². The van der Waals surface area contributed by atoms with Gasteiger partial charge in [-0.25, -0.2) is 14.3 Å². The van der Waals surface area contributed by atoms with E-state index in [1.807, 2.05) is 0 Å². The number of aryl methyl sites for hydroxylation is 1. The fraction of sp³-hybridized carbons (Fsp3) is 0.214. The molecule has 0 saturated carbocycles. The molecule has 0 saturated heterocycles. The van der Waals surface area contributed by atoms with Crippen LogP contribution in [0.1, 0.15) is 10.6 Å². The van der Waals surface area contributed by atoms with Crippen LogP contribution < -0.4 is 11.2 Å². The van der Waals surface area contributed by atoms with Crippen molar-refractivity contribution in [2.45, 2.75) is 10.5 Å². The van der Waals surface area contributed by atoms with Gasteiger partial charge in [-0.15, -0.1) is 0 Å². The number of fused-ring (bicyclic) bond motifs is 3. The normalized spacial score (nSPS) is 16.5. The number of hydrogen-bond acceptors (Lipinski definition) is 9. The molecule has 1 aliphatic rings. The maximum atomic E-state index is 12.7. The van der Waals surface area contributed by atoms with E-state index in [0.717, 1.165) is 20.9 Å². The van der Waals surface area contributed by atoms with Gasteiger partial charge in [0.15, 0.2) is 27.5 Å². The molecule has 0 bridgehead atoms. The highest BCUT2D eigenvalue weighted by atomic mass is 32.2. The molecular formula is C14H10N6O6S. The van der Waals surface area contributed by atoms with E-state index in [1.165, 1.54) is 37.0 Å². The van der Waals surface area contributed by atoms with E-state index in [1.54, 1.807) is 0 Å². The maximum Gasteiger partial charge on any atom is 0.433 e. The zero-order valence-electron chi connectivity index (χ0n) is 13.9. The summed E-state index contributed by atoms with van der Waals surface area (Å²) >= 11 is 0.997. The lowest BCUT2D eigenvalue weighted by molar-refractivity contribution is -0.402. The summed E-state index contributed by atoms with van der Waals surface area (Å²) < 4.78 is 8.17. The monoisotopic (exact) mass is 390 g/mol. The Kier molecular flexibility index (Phi) is 3.62.